The molecule has 0 aliphatic carbocycles. The molecule has 0 bridgehead atoms. The normalized spacial score (nSPS) is 12.3. The molecule has 1 atom stereocenters. The first-order valence-electron chi connectivity index (χ1n) is 20.9. The zero-order valence-corrected chi connectivity index (χ0v) is 32.4. The highest BCUT2D eigenvalue weighted by Crippen LogP contribution is 2.40. The van der Waals surface area contributed by atoms with Gasteiger partial charge in [-0.1, -0.05) is 213 Å². The molecule has 0 aliphatic heterocycles. The van der Waals surface area contributed by atoms with E-state index in [1.54, 1.807) is 0 Å². The summed E-state index contributed by atoms with van der Waals surface area (Å²) < 4.78 is 19.8. The number of allylic oxidation sites excluding steroid dienone is 1. The molecule has 3 rings (SSSR count). The van der Waals surface area contributed by atoms with Crippen molar-refractivity contribution in [3.63, 3.8) is 0 Å². The van der Waals surface area contributed by atoms with E-state index in [1.807, 2.05) is 6.08 Å². The van der Waals surface area contributed by atoms with E-state index in [2.05, 4.69) is 104 Å². The molecule has 0 amide bonds. The van der Waals surface area contributed by atoms with Gasteiger partial charge in [0.1, 0.15) is 11.7 Å². The summed E-state index contributed by atoms with van der Waals surface area (Å²) in [6.45, 7) is 8.60. The first-order chi connectivity index (χ1) is 25.3. The van der Waals surface area contributed by atoms with Gasteiger partial charge in [-0.2, -0.15) is 0 Å². The Morgan fingerprint density at radius 1 is 0.490 bits per heavy atom. The Labute approximate surface area is 313 Å². The van der Waals surface area contributed by atoms with Gasteiger partial charge in [-0.05, 0) is 42.4 Å². The molecule has 0 N–H and O–H groups in total. The second-order valence-electron chi connectivity index (χ2n) is 14.5. The van der Waals surface area contributed by atoms with Gasteiger partial charge < -0.3 is 14.2 Å². The Morgan fingerprint density at radius 2 is 0.882 bits per heavy atom. The summed E-state index contributed by atoms with van der Waals surface area (Å²) >= 11 is 0. The Hall–Kier alpha value is -2.72. The Balaban J connectivity index is 1.39. The summed E-state index contributed by atoms with van der Waals surface area (Å²) in [4.78, 5) is 0. The van der Waals surface area contributed by atoms with Crippen molar-refractivity contribution in [3.8, 4) is 0 Å². The van der Waals surface area contributed by atoms with Crippen molar-refractivity contribution >= 4 is 0 Å². The zero-order valence-electron chi connectivity index (χ0n) is 32.4. The minimum absolute atomic E-state index is 0.153. The molecule has 51 heavy (non-hydrogen) atoms. The topological polar surface area (TPSA) is 27.7 Å². The van der Waals surface area contributed by atoms with E-state index >= 15 is 0 Å². The first-order valence-corrected chi connectivity index (χ1v) is 20.9. The standard InChI is InChI=1S/C48H72O3/c1-3-5-7-9-10-11-12-13-14-15-16-17-18-19-20-21-22-32-40-49-42-47(50-41-33-8-6-4-2)43-51-48(44-34-26-23-27-35-44,45-36-28-24-29-37-45)46-38-30-25-31-39-46/h4,23-31,34-39,47H,2-3,5-22,32-33,40-43H2,1H3/t47-/m1/s1. The summed E-state index contributed by atoms with van der Waals surface area (Å²) in [5.74, 6) is 0. The third kappa shape index (κ3) is 17.6. The lowest BCUT2D eigenvalue weighted by molar-refractivity contribution is -0.0922. The molecule has 3 aromatic rings. The van der Waals surface area contributed by atoms with Crippen LogP contribution in [0, 0.1) is 0 Å². The SMILES string of the molecule is C=CCCCCO[C@H](COCCCCCCCCCCCCCCCCCCCC)COC(c1ccccc1)(c1ccccc1)c1ccccc1. The van der Waals surface area contributed by atoms with Gasteiger partial charge in [0.05, 0.1) is 13.2 Å². The molecule has 3 nitrogen and oxygen atoms in total. The Kier molecular flexibility index (Phi) is 24.1. The molecule has 0 heterocycles. The number of benzene rings is 3. The van der Waals surface area contributed by atoms with Crippen molar-refractivity contribution in [2.45, 2.75) is 153 Å². The second-order valence-corrected chi connectivity index (χ2v) is 14.5. The predicted molar refractivity (Wildman–Crippen MR) is 219 cm³/mol. The average molecular weight is 697 g/mol. The maximum absolute atomic E-state index is 7.10. The highest BCUT2D eigenvalue weighted by molar-refractivity contribution is 5.47. The fourth-order valence-electron chi connectivity index (χ4n) is 7.09. The van der Waals surface area contributed by atoms with Gasteiger partial charge in [0.2, 0.25) is 0 Å². The average Bonchev–Trinajstić information content (AvgIpc) is 3.18. The molecule has 0 aliphatic rings. The maximum Gasteiger partial charge on any atom is 0.143 e. The van der Waals surface area contributed by atoms with Gasteiger partial charge in [0.15, 0.2) is 0 Å². The molecule has 0 saturated heterocycles. The zero-order chi connectivity index (χ0) is 35.9. The van der Waals surface area contributed by atoms with E-state index in [0.29, 0.717) is 19.8 Å². The van der Waals surface area contributed by atoms with Crippen LogP contribution < -0.4 is 0 Å². The van der Waals surface area contributed by atoms with Crippen molar-refractivity contribution in [1.29, 1.82) is 0 Å². The monoisotopic (exact) mass is 697 g/mol. The van der Waals surface area contributed by atoms with Gasteiger partial charge in [0.25, 0.3) is 0 Å². The molecule has 3 aromatic carbocycles. The van der Waals surface area contributed by atoms with Crippen molar-refractivity contribution in [1.82, 2.24) is 0 Å². The van der Waals surface area contributed by atoms with Crippen LogP contribution in [0.5, 0.6) is 0 Å². The van der Waals surface area contributed by atoms with E-state index in [1.165, 1.54) is 109 Å². The van der Waals surface area contributed by atoms with E-state index in [4.69, 9.17) is 14.2 Å². The Bertz CT molecular complexity index is 1100. The fourth-order valence-corrected chi connectivity index (χ4v) is 7.09. The molecule has 0 fully saturated rings. The summed E-state index contributed by atoms with van der Waals surface area (Å²) in [5, 5.41) is 0. The highest BCUT2D eigenvalue weighted by atomic mass is 16.6. The lowest BCUT2D eigenvalue weighted by Gasteiger charge is -2.37. The summed E-state index contributed by atoms with van der Waals surface area (Å²) in [5.41, 5.74) is 2.55. The number of unbranched alkanes of at least 4 members (excludes halogenated alkanes) is 19. The predicted octanol–water partition coefficient (Wildman–Crippen LogP) is 13.8. The fraction of sp³-hybridized carbons (Fsp3) is 0.583. The second kappa shape index (κ2) is 28.8. The molecule has 3 heteroatoms. The largest absolute Gasteiger partial charge is 0.379 e. The van der Waals surface area contributed by atoms with E-state index in [9.17, 15) is 0 Å². The molecular formula is C48H72O3. The van der Waals surface area contributed by atoms with Gasteiger partial charge in [-0.25, -0.2) is 0 Å². The third-order valence-electron chi connectivity index (χ3n) is 10.1. The van der Waals surface area contributed by atoms with Crippen LogP contribution in [0.4, 0.5) is 0 Å². The van der Waals surface area contributed by atoms with Crippen LogP contribution in [0.15, 0.2) is 104 Å². The number of hydrogen-bond acceptors (Lipinski definition) is 3. The van der Waals surface area contributed by atoms with Gasteiger partial charge in [-0.3, -0.25) is 0 Å². The quantitative estimate of drug-likeness (QED) is 0.0360. The molecule has 0 spiro atoms. The van der Waals surface area contributed by atoms with Crippen molar-refractivity contribution in [2.24, 2.45) is 0 Å². The minimum atomic E-state index is -0.762. The van der Waals surface area contributed by atoms with Crippen LogP contribution in [-0.4, -0.2) is 32.5 Å². The van der Waals surface area contributed by atoms with Gasteiger partial charge in [-0.15, -0.1) is 6.58 Å². The van der Waals surface area contributed by atoms with Crippen LogP contribution in [0.2, 0.25) is 0 Å². The number of ether oxygens (including phenoxy) is 3. The highest BCUT2D eigenvalue weighted by Gasteiger charge is 2.38. The lowest BCUT2D eigenvalue weighted by Crippen LogP contribution is -2.37. The lowest BCUT2D eigenvalue weighted by atomic mass is 9.80. The Morgan fingerprint density at radius 3 is 1.29 bits per heavy atom. The third-order valence-corrected chi connectivity index (χ3v) is 10.1. The van der Waals surface area contributed by atoms with Gasteiger partial charge in [0, 0.05) is 13.2 Å². The maximum atomic E-state index is 7.10. The van der Waals surface area contributed by atoms with Crippen LogP contribution >= 0.6 is 0 Å². The van der Waals surface area contributed by atoms with Crippen LogP contribution in [0.25, 0.3) is 0 Å². The molecule has 282 valence electrons. The molecule has 0 unspecified atom stereocenters. The summed E-state index contributed by atoms with van der Waals surface area (Å²) in [6, 6.07) is 31.7. The van der Waals surface area contributed by atoms with Crippen LogP contribution in [0.1, 0.15) is 158 Å². The molecule has 0 saturated carbocycles. The summed E-state index contributed by atoms with van der Waals surface area (Å²) in [7, 11) is 0. The van der Waals surface area contributed by atoms with E-state index < -0.39 is 5.60 Å². The molecular weight excluding hydrogens is 625 g/mol. The first kappa shape index (κ1) is 42.7. The van der Waals surface area contributed by atoms with Gasteiger partial charge >= 0.3 is 0 Å². The van der Waals surface area contributed by atoms with Crippen LogP contribution in [0.3, 0.4) is 0 Å². The van der Waals surface area contributed by atoms with E-state index in [-0.39, 0.29) is 6.10 Å². The van der Waals surface area contributed by atoms with Crippen molar-refractivity contribution in [2.75, 3.05) is 26.4 Å². The summed E-state index contributed by atoms with van der Waals surface area (Å²) in [6.07, 6.45) is 29.9. The van der Waals surface area contributed by atoms with Crippen molar-refractivity contribution in [3.05, 3.63) is 120 Å². The molecule has 0 aromatic heterocycles. The van der Waals surface area contributed by atoms with Crippen LogP contribution in [-0.2, 0) is 19.8 Å². The van der Waals surface area contributed by atoms with Crippen molar-refractivity contribution < 1.29 is 14.2 Å². The minimum Gasteiger partial charge on any atom is -0.379 e. The molecule has 0 radical (unpaired) electrons. The smallest absolute Gasteiger partial charge is 0.143 e. The number of rotatable bonds is 33. The van der Waals surface area contributed by atoms with E-state index in [0.717, 1.165) is 49.0 Å². The number of hydrogen-bond donors (Lipinski definition) is 0.